The van der Waals surface area contributed by atoms with E-state index in [1.54, 1.807) is 18.2 Å². The number of aliphatic hydroxyl groups is 2. The van der Waals surface area contributed by atoms with Gasteiger partial charge < -0.3 is 24.4 Å². The predicted octanol–water partition coefficient (Wildman–Crippen LogP) is 2.41. The van der Waals surface area contributed by atoms with Crippen molar-refractivity contribution in [3.63, 3.8) is 0 Å². The highest BCUT2D eigenvalue weighted by molar-refractivity contribution is 5.88. The quantitative estimate of drug-likeness (QED) is 0.186. The third-order valence-electron chi connectivity index (χ3n) is 4.75. The molecule has 2 atom stereocenters. The van der Waals surface area contributed by atoms with Gasteiger partial charge in [-0.2, -0.15) is 0 Å². The van der Waals surface area contributed by atoms with E-state index in [2.05, 4.69) is 5.32 Å². The lowest BCUT2D eigenvalue weighted by Gasteiger charge is -2.27. The van der Waals surface area contributed by atoms with Crippen molar-refractivity contribution in [2.45, 2.75) is 31.7 Å². The molecule has 2 unspecified atom stereocenters. The Kier molecular flexibility index (Phi) is 8.00. The van der Waals surface area contributed by atoms with Crippen LogP contribution in [0, 0.1) is 0 Å². The molecule has 0 aliphatic rings. The maximum absolute atomic E-state index is 12.0. The molecule has 3 N–H and O–H groups in total. The molecule has 0 heterocycles. The van der Waals surface area contributed by atoms with Crippen molar-refractivity contribution < 1.29 is 34.0 Å². The van der Waals surface area contributed by atoms with Crippen LogP contribution in [0.25, 0.3) is 10.8 Å². The minimum absolute atomic E-state index is 0.178. The van der Waals surface area contributed by atoms with Crippen LogP contribution in [0.5, 0.6) is 11.5 Å². The Morgan fingerprint density at radius 2 is 1.52 bits per heavy atom. The normalized spacial score (nSPS) is 13.2. The molecule has 8 heteroatoms. The monoisotopic (exact) mass is 453 g/mol. The number of carbonyl (C=O) groups is 2. The van der Waals surface area contributed by atoms with Gasteiger partial charge in [-0.15, -0.1) is 0 Å². The summed E-state index contributed by atoms with van der Waals surface area (Å²) < 4.78 is 16.0. The molecule has 3 rings (SSSR count). The van der Waals surface area contributed by atoms with E-state index in [0.29, 0.717) is 6.54 Å². The number of esters is 2. The van der Waals surface area contributed by atoms with Gasteiger partial charge in [-0.05, 0) is 37.4 Å². The van der Waals surface area contributed by atoms with Crippen LogP contribution in [-0.2, 0) is 14.3 Å². The number of nitrogens with one attached hydrogen (secondary N) is 1. The van der Waals surface area contributed by atoms with Crippen LogP contribution in [-0.4, -0.2) is 53.2 Å². The fraction of sp³-hybridized carbons (Fsp3) is 0.280. The van der Waals surface area contributed by atoms with Crippen LogP contribution in [0.1, 0.15) is 13.8 Å². The van der Waals surface area contributed by atoms with Crippen LogP contribution < -0.4 is 14.8 Å². The number of fused-ring (bicyclic) bond motifs is 1. The highest BCUT2D eigenvalue weighted by Gasteiger charge is 2.33. The summed E-state index contributed by atoms with van der Waals surface area (Å²) in [4.78, 5) is 23.9. The molecule has 8 nitrogen and oxygen atoms in total. The summed E-state index contributed by atoms with van der Waals surface area (Å²) >= 11 is 0. The van der Waals surface area contributed by atoms with Gasteiger partial charge in [0.2, 0.25) is 0 Å². The third-order valence-corrected chi connectivity index (χ3v) is 4.75. The lowest BCUT2D eigenvalue weighted by molar-refractivity contribution is -0.169. The second kappa shape index (κ2) is 10.9. The van der Waals surface area contributed by atoms with Crippen molar-refractivity contribution in [1.29, 1.82) is 0 Å². The molecule has 0 aromatic heterocycles. The van der Waals surface area contributed by atoms with Crippen LogP contribution in [0.2, 0.25) is 0 Å². The van der Waals surface area contributed by atoms with Crippen LogP contribution in [0.3, 0.4) is 0 Å². The smallest absolute Gasteiger partial charge is 0.343 e. The van der Waals surface area contributed by atoms with E-state index in [4.69, 9.17) is 14.2 Å². The molecule has 0 saturated carbocycles. The Morgan fingerprint density at radius 3 is 2.27 bits per heavy atom. The van der Waals surface area contributed by atoms with Gasteiger partial charge in [0.05, 0.1) is 0 Å². The minimum atomic E-state index is -2.08. The van der Waals surface area contributed by atoms with Crippen molar-refractivity contribution >= 4 is 22.7 Å². The summed E-state index contributed by atoms with van der Waals surface area (Å²) in [6.07, 6.45) is -4.16. The molecule has 174 valence electrons. The first-order valence-electron chi connectivity index (χ1n) is 10.4. The largest absolute Gasteiger partial charge is 0.486 e. The average molecular weight is 453 g/mol. The van der Waals surface area contributed by atoms with Gasteiger partial charge >= 0.3 is 11.9 Å². The van der Waals surface area contributed by atoms with Crippen LogP contribution >= 0.6 is 0 Å². The molecule has 0 spiro atoms. The number of hydrogen-bond acceptors (Lipinski definition) is 8. The van der Waals surface area contributed by atoms with Gasteiger partial charge in [0, 0.05) is 11.9 Å². The zero-order valence-corrected chi connectivity index (χ0v) is 18.4. The Bertz CT molecular complexity index is 1080. The SMILES string of the molecule is CC(C)(CNCOC(=O)C(O)C(O)C(=O)Oc1ccccc1)Oc1cccc2ccccc12. The standard InChI is InChI=1S/C25H27NO7/c1-25(2,33-20-14-8-10-17-9-6-7-13-19(17)20)15-26-16-31-23(29)21(27)22(28)24(30)32-18-11-4-3-5-12-18/h3-14,21-22,26-28H,15-16H2,1-2H3. The maximum atomic E-state index is 12.0. The summed E-state index contributed by atoms with van der Waals surface area (Å²) in [6.45, 7) is 3.82. The Morgan fingerprint density at radius 1 is 0.879 bits per heavy atom. The van der Waals surface area contributed by atoms with Crippen LogP contribution in [0.15, 0.2) is 72.8 Å². The first-order valence-corrected chi connectivity index (χ1v) is 10.4. The Labute approximate surface area is 191 Å². The molecule has 0 saturated heterocycles. The molecule has 33 heavy (non-hydrogen) atoms. The second-order valence-electron chi connectivity index (χ2n) is 8.00. The predicted molar refractivity (Wildman–Crippen MR) is 122 cm³/mol. The number of hydrogen-bond donors (Lipinski definition) is 3. The first kappa shape index (κ1) is 24.2. The molecule has 0 aliphatic carbocycles. The van der Waals surface area contributed by atoms with E-state index >= 15 is 0 Å². The second-order valence-corrected chi connectivity index (χ2v) is 8.00. The fourth-order valence-corrected chi connectivity index (χ4v) is 3.10. The molecule has 3 aromatic carbocycles. The van der Waals surface area contributed by atoms with Crippen LogP contribution in [0.4, 0.5) is 0 Å². The fourth-order valence-electron chi connectivity index (χ4n) is 3.10. The maximum Gasteiger partial charge on any atom is 0.343 e. The van der Waals surface area contributed by atoms with Gasteiger partial charge in [-0.25, -0.2) is 9.59 Å². The number of rotatable bonds is 10. The van der Waals surface area contributed by atoms with E-state index < -0.39 is 29.7 Å². The van der Waals surface area contributed by atoms with E-state index in [1.165, 1.54) is 12.1 Å². The number of aliphatic hydroxyl groups excluding tert-OH is 2. The summed E-state index contributed by atoms with van der Waals surface area (Å²) in [5, 5.41) is 24.8. The van der Waals surface area contributed by atoms with Gasteiger partial charge in [0.15, 0.2) is 12.2 Å². The molecule has 0 amide bonds. The van der Waals surface area contributed by atoms with E-state index in [9.17, 15) is 19.8 Å². The molecule has 3 aromatic rings. The molecular formula is C25H27NO7. The van der Waals surface area contributed by atoms with Gasteiger partial charge in [-0.1, -0.05) is 54.6 Å². The highest BCUT2D eigenvalue weighted by Crippen LogP contribution is 2.28. The Balaban J connectivity index is 1.45. The first-order chi connectivity index (χ1) is 15.8. The summed E-state index contributed by atoms with van der Waals surface area (Å²) in [6, 6.07) is 21.7. The summed E-state index contributed by atoms with van der Waals surface area (Å²) in [5.74, 6) is -1.42. The molecule has 0 bridgehead atoms. The van der Waals surface area contributed by atoms with Crippen molar-refractivity contribution in [1.82, 2.24) is 5.32 Å². The summed E-state index contributed by atoms with van der Waals surface area (Å²) in [7, 11) is 0. The lowest BCUT2D eigenvalue weighted by atomic mass is 10.1. The van der Waals surface area contributed by atoms with Crippen molar-refractivity contribution in [3.05, 3.63) is 72.8 Å². The third kappa shape index (κ3) is 6.76. The van der Waals surface area contributed by atoms with E-state index in [0.717, 1.165) is 16.5 Å². The van der Waals surface area contributed by atoms with Gasteiger partial charge in [-0.3, -0.25) is 5.32 Å². The zero-order chi connectivity index (χ0) is 23.8. The van der Waals surface area contributed by atoms with Crippen molar-refractivity contribution in [2.24, 2.45) is 0 Å². The van der Waals surface area contributed by atoms with Gasteiger partial charge in [0.1, 0.15) is 23.8 Å². The summed E-state index contributed by atoms with van der Waals surface area (Å²) in [5.41, 5.74) is -0.645. The molecule has 0 radical (unpaired) electrons. The lowest BCUT2D eigenvalue weighted by Crippen LogP contribution is -2.45. The number of benzene rings is 3. The topological polar surface area (TPSA) is 114 Å². The minimum Gasteiger partial charge on any atom is -0.486 e. The average Bonchev–Trinajstić information content (AvgIpc) is 2.81. The molecule has 0 fully saturated rings. The number of ether oxygens (including phenoxy) is 3. The molecule has 0 aliphatic heterocycles. The Hall–Kier alpha value is -3.46. The van der Waals surface area contributed by atoms with Crippen molar-refractivity contribution in [3.8, 4) is 11.5 Å². The van der Waals surface area contributed by atoms with E-state index in [1.807, 2.05) is 56.3 Å². The number of para-hydroxylation sites is 1. The van der Waals surface area contributed by atoms with E-state index in [-0.39, 0.29) is 12.5 Å². The van der Waals surface area contributed by atoms with Gasteiger partial charge in [0.25, 0.3) is 0 Å². The zero-order valence-electron chi connectivity index (χ0n) is 18.4. The highest BCUT2D eigenvalue weighted by atomic mass is 16.6. The number of carbonyl (C=O) groups excluding carboxylic acids is 2. The van der Waals surface area contributed by atoms with Crippen molar-refractivity contribution in [2.75, 3.05) is 13.3 Å². The molecular weight excluding hydrogens is 426 g/mol.